The van der Waals surface area contributed by atoms with Crippen molar-refractivity contribution in [2.24, 2.45) is 0 Å². The molecule has 17 heavy (non-hydrogen) atoms. The Bertz CT molecular complexity index is 351. The molecule has 1 saturated heterocycles. The van der Waals surface area contributed by atoms with Crippen LogP contribution in [0.1, 0.15) is 12.8 Å². The summed E-state index contributed by atoms with van der Waals surface area (Å²) in [5.74, 6) is -0.422. The molecule has 1 rings (SSSR count). The van der Waals surface area contributed by atoms with Gasteiger partial charge in [-0.1, -0.05) is 0 Å². The second-order valence-electron chi connectivity index (χ2n) is 3.96. The highest BCUT2D eigenvalue weighted by molar-refractivity contribution is 7.87. The molecule has 7 nitrogen and oxygen atoms in total. The highest BCUT2D eigenvalue weighted by Crippen LogP contribution is 2.03. The smallest absolute Gasteiger partial charge is 0.306 e. The Balaban J connectivity index is 2.42. The molecule has 100 valence electrons. The van der Waals surface area contributed by atoms with Crippen molar-refractivity contribution in [3.05, 3.63) is 0 Å². The maximum absolute atomic E-state index is 11.8. The van der Waals surface area contributed by atoms with E-state index in [2.05, 4.69) is 14.8 Å². The molecule has 1 heterocycles. The van der Waals surface area contributed by atoms with Crippen LogP contribution in [0, 0.1) is 0 Å². The summed E-state index contributed by atoms with van der Waals surface area (Å²) in [5, 5.41) is 3.07. The second-order valence-corrected chi connectivity index (χ2v) is 5.77. The largest absolute Gasteiger partial charge is 0.469 e. The number of methoxy groups -OCH3 is 1. The minimum Gasteiger partial charge on any atom is -0.469 e. The molecule has 2 N–H and O–H groups in total. The van der Waals surface area contributed by atoms with Crippen molar-refractivity contribution in [3.63, 3.8) is 0 Å². The number of carbonyl (C=O) groups excluding carboxylic acids is 1. The van der Waals surface area contributed by atoms with Gasteiger partial charge in [0, 0.05) is 26.2 Å². The molecule has 0 aromatic heterocycles. The van der Waals surface area contributed by atoms with E-state index in [0.29, 0.717) is 6.54 Å². The molecule has 1 unspecified atom stereocenters. The van der Waals surface area contributed by atoms with Crippen molar-refractivity contribution in [2.45, 2.75) is 18.9 Å². The summed E-state index contributed by atoms with van der Waals surface area (Å²) in [5.41, 5.74) is 0. The Morgan fingerprint density at radius 2 is 2.29 bits per heavy atom. The molecule has 0 spiro atoms. The van der Waals surface area contributed by atoms with Crippen LogP contribution in [0.4, 0.5) is 0 Å². The van der Waals surface area contributed by atoms with Crippen LogP contribution >= 0.6 is 0 Å². The van der Waals surface area contributed by atoms with Crippen LogP contribution in [0.2, 0.25) is 0 Å². The van der Waals surface area contributed by atoms with E-state index in [4.69, 9.17) is 0 Å². The Labute approximate surface area is 102 Å². The average Bonchev–Trinajstić information content (AvgIpc) is 2.77. The third-order valence-corrected chi connectivity index (χ3v) is 4.28. The molecule has 1 atom stereocenters. The monoisotopic (exact) mass is 265 g/mol. The maximum atomic E-state index is 11.8. The summed E-state index contributed by atoms with van der Waals surface area (Å²) >= 11 is 0. The highest BCUT2D eigenvalue weighted by atomic mass is 32.2. The predicted molar refractivity (Wildman–Crippen MR) is 62.6 cm³/mol. The lowest BCUT2D eigenvalue weighted by molar-refractivity contribution is -0.140. The van der Waals surface area contributed by atoms with Gasteiger partial charge in [-0.05, 0) is 13.0 Å². The van der Waals surface area contributed by atoms with Gasteiger partial charge in [0.2, 0.25) is 0 Å². The molecule has 0 amide bonds. The fraction of sp³-hybridized carbons (Fsp3) is 0.889. The SMILES string of the molecule is COC(=O)CCN(C)S(=O)(=O)NC1CCNC1. The molecule has 0 aromatic carbocycles. The molecule has 0 saturated carbocycles. The first-order valence-electron chi connectivity index (χ1n) is 5.47. The molecule has 1 fully saturated rings. The van der Waals surface area contributed by atoms with E-state index in [1.807, 2.05) is 0 Å². The Morgan fingerprint density at radius 3 is 2.82 bits per heavy atom. The van der Waals surface area contributed by atoms with Crippen LogP contribution in [0.5, 0.6) is 0 Å². The summed E-state index contributed by atoms with van der Waals surface area (Å²) in [6, 6.07) is -0.0689. The van der Waals surface area contributed by atoms with Gasteiger partial charge in [0.15, 0.2) is 0 Å². The van der Waals surface area contributed by atoms with Gasteiger partial charge in [0.25, 0.3) is 10.2 Å². The van der Waals surface area contributed by atoms with E-state index in [1.165, 1.54) is 14.2 Å². The summed E-state index contributed by atoms with van der Waals surface area (Å²) in [6.07, 6.45) is 0.834. The van der Waals surface area contributed by atoms with E-state index in [1.54, 1.807) is 0 Å². The van der Waals surface area contributed by atoms with Crippen LogP contribution in [-0.4, -0.2) is 58.5 Å². The van der Waals surface area contributed by atoms with Crippen LogP contribution in [0.25, 0.3) is 0 Å². The zero-order valence-corrected chi connectivity index (χ0v) is 10.9. The standard InChI is InChI=1S/C9H19N3O4S/c1-12(6-4-9(13)16-2)17(14,15)11-8-3-5-10-7-8/h8,10-11H,3-7H2,1-2H3. The van der Waals surface area contributed by atoms with Gasteiger partial charge >= 0.3 is 5.97 Å². The Hall–Kier alpha value is -0.700. The van der Waals surface area contributed by atoms with Gasteiger partial charge < -0.3 is 10.1 Å². The van der Waals surface area contributed by atoms with Gasteiger partial charge in [-0.25, -0.2) is 0 Å². The first-order chi connectivity index (χ1) is 7.95. The van der Waals surface area contributed by atoms with Crippen molar-refractivity contribution in [1.29, 1.82) is 0 Å². The maximum Gasteiger partial charge on any atom is 0.306 e. The van der Waals surface area contributed by atoms with E-state index in [-0.39, 0.29) is 19.0 Å². The Morgan fingerprint density at radius 1 is 1.59 bits per heavy atom. The van der Waals surface area contributed by atoms with Crippen molar-refractivity contribution >= 4 is 16.2 Å². The van der Waals surface area contributed by atoms with E-state index in [9.17, 15) is 13.2 Å². The lowest BCUT2D eigenvalue weighted by atomic mass is 10.3. The molecule has 0 aliphatic carbocycles. The normalized spacial score (nSPS) is 20.8. The summed E-state index contributed by atoms with van der Waals surface area (Å²) in [6.45, 7) is 1.57. The van der Waals surface area contributed by atoms with Gasteiger partial charge in [0.05, 0.1) is 13.5 Å². The zero-order valence-electron chi connectivity index (χ0n) is 10.1. The van der Waals surface area contributed by atoms with Gasteiger partial charge in [-0.15, -0.1) is 0 Å². The van der Waals surface area contributed by atoms with Crippen LogP contribution in [-0.2, 0) is 19.7 Å². The molecule has 0 aromatic rings. The molecular formula is C9H19N3O4S. The molecule has 1 aliphatic rings. The third kappa shape index (κ3) is 4.58. The predicted octanol–water partition coefficient (Wildman–Crippen LogP) is -1.32. The van der Waals surface area contributed by atoms with Crippen molar-refractivity contribution in [1.82, 2.24) is 14.3 Å². The number of hydrogen-bond donors (Lipinski definition) is 2. The lowest BCUT2D eigenvalue weighted by Gasteiger charge is -2.19. The fourth-order valence-electron chi connectivity index (χ4n) is 1.53. The molecule has 1 aliphatic heterocycles. The van der Waals surface area contributed by atoms with Crippen molar-refractivity contribution < 1.29 is 17.9 Å². The van der Waals surface area contributed by atoms with Crippen molar-refractivity contribution in [3.8, 4) is 0 Å². The van der Waals surface area contributed by atoms with E-state index in [0.717, 1.165) is 17.3 Å². The number of hydrogen-bond acceptors (Lipinski definition) is 5. The Kier molecular flexibility index (Phi) is 5.31. The minimum atomic E-state index is -3.51. The van der Waals surface area contributed by atoms with Crippen molar-refractivity contribution in [2.75, 3.05) is 33.8 Å². The molecular weight excluding hydrogens is 246 g/mol. The first-order valence-corrected chi connectivity index (χ1v) is 6.91. The highest BCUT2D eigenvalue weighted by Gasteiger charge is 2.24. The molecule has 0 radical (unpaired) electrons. The summed E-state index contributed by atoms with van der Waals surface area (Å²) in [7, 11) is -0.797. The van der Waals surface area contributed by atoms with Crippen LogP contribution in [0.15, 0.2) is 0 Å². The molecule has 8 heteroatoms. The topological polar surface area (TPSA) is 87.7 Å². The summed E-state index contributed by atoms with van der Waals surface area (Å²) in [4.78, 5) is 10.9. The second kappa shape index (κ2) is 6.29. The number of ether oxygens (including phenoxy) is 1. The fourth-order valence-corrected chi connectivity index (χ4v) is 2.66. The third-order valence-electron chi connectivity index (χ3n) is 2.64. The number of nitrogens with one attached hydrogen (secondary N) is 2. The summed E-state index contributed by atoms with van der Waals surface area (Å²) < 4.78 is 31.8. The first kappa shape index (κ1) is 14.4. The number of rotatable bonds is 6. The lowest BCUT2D eigenvalue weighted by Crippen LogP contribution is -2.45. The van der Waals surface area contributed by atoms with Gasteiger partial charge in [-0.2, -0.15) is 17.4 Å². The van der Waals surface area contributed by atoms with Gasteiger partial charge in [-0.3, -0.25) is 4.79 Å². The quantitative estimate of drug-likeness (QED) is 0.581. The number of carbonyl (C=O) groups is 1. The number of esters is 1. The molecule has 0 bridgehead atoms. The van der Waals surface area contributed by atoms with Crippen LogP contribution in [0.3, 0.4) is 0 Å². The van der Waals surface area contributed by atoms with E-state index >= 15 is 0 Å². The minimum absolute atomic E-state index is 0.0524. The average molecular weight is 265 g/mol. The van der Waals surface area contributed by atoms with E-state index < -0.39 is 16.2 Å². The zero-order chi connectivity index (χ0) is 12.9. The van der Waals surface area contributed by atoms with Crippen LogP contribution < -0.4 is 10.0 Å². The van der Waals surface area contributed by atoms with Gasteiger partial charge in [0.1, 0.15) is 0 Å². The number of nitrogens with zero attached hydrogens (tertiary/aromatic N) is 1.